The lowest BCUT2D eigenvalue weighted by Crippen LogP contribution is -2.08. The Kier molecular flexibility index (Phi) is 4.23. The number of aryl methyl sites for hydroxylation is 2. The molecule has 0 radical (unpaired) electrons. The van der Waals surface area contributed by atoms with E-state index in [1.165, 1.54) is 12.1 Å². The van der Waals surface area contributed by atoms with Crippen LogP contribution in [0.5, 0.6) is 0 Å². The molecule has 0 aliphatic rings. The van der Waals surface area contributed by atoms with Crippen LogP contribution in [0.1, 0.15) is 27.3 Å². The van der Waals surface area contributed by atoms with Crippen LogP contribution in [0.4, 0.5) is 4.39 Å². The summed E-state index contributed by atoms with van der Waals surface area (Å²) in [4.78, 5) is 12.1. The van der Waals surface area contributed by atoms with Crippen LogP contribution >= 0.6 is 15.9 Å². The van der Waals surface area contributed by atoms with Gasteiger partial charge in [0.15, 0.2) is 0 Å². The molecule has 1 heterocycles. The summed E-state index contributed by atoms with van der Waals surface area (Å²) in [6.07, 6.45) is 0. The lowest BCUT2D eigenvalue weighted by Gasteiger charge is -2.07. The topological polar surface area (TPSA) is 44.1 Å². The Morgan fingerprint density at radius 2 is 2.15 bits per heavy atom. The Balaban J connectivity index is 2.13. The van der Waals surface area contributed by atoms with E-state index in [0.29, 0.717) is 21.3 Å². The van der Waals surface area contributed by atoms with Gasteiger partial charge in [-0.25, -0.2) is 9.18 Å². The van der Waals surface area contributed by atoms with Gasteiger partial charge in [-0.1, -0.05) is 22.0 Å². The van der Waals surface area contributed by atoms with E-state index in [9.17, 15) is 9.18 Å². The van der Waals surface area contributed by atoms with Crippen LogP contribution in [0.15, 0.2) is 22.7 Å². The molecule has 106 valence electrons. The van der Waals surface area contributed by atoms with Gasteiger partial charge in [0.05, 0.1) is 5.69 Å². The number of nitrogens with zero attached hydrogens (tertiary/aromatic N) is 2. The van der Waals surface area contributed by atoms with Gasteiger partial charge in [0.25, 0.3) is 0 Å². The summed E-state index contributed by atoms with van der Waals surface area (Å²) in [7, 11) is 1.77. The van der Waals surface area contributed by atoms with Crippen molar-refractivity contribution < 1.29 is 13.9 Å². The molecule has 0 amide bonds. The number of esters is 1. The molecule has 2 rings (SSSR count). The van der Waals surface area contributed by atoms with Crippen molar-refractivity contribution in [1.82, 2.24) is 9.78 Å². The molecule has 0 atom stereocenters. The fourth-order valence-corrected chi connectivity index (χ4v) is 2.39. The zero-order valence-electron chi connectivity index (χ0n) is 11.4. The standard InChI is InChI=1S/C14H14BrFN2O2/c1-8-13(9(2)18(3)17-8)14(19)20-7-10-4-5-11(16)6-12(10)15/h4-6H,7H2,1-3H3. The van der Waals surface area contributed by atoms with Gasteiger partial charge in [-0.05, 0) is 26.0 Å². The molecule has 1 aromatic heterocycles. The van der Waals surface area contributed by atoms with E-state index < -0.39 is 5.97 Å². The number of halogens is 2. The molecular formula is C14H14BrFN2O2. The average Bonchev–Trinajstić information content (AvgIpc) is 2.62. The lowest BCUT2D eigenvalue weighted by atomic mass is 10.2. The average molecular weight is 341 g/mol. The van der Waals surface area contributed by atoms with Gasteiger partial charge in [0, 0.05) is 22.8 Å². The lowest BCUT2D eigenvalue weighted by molar-refractivity contribution is 0.0470. The highest BCUT2D eigenvalue weighted by atomic mass is 79.9. The molecule has 0 unspecified atom stereocenters. The molecule has 1 aromatic carbocycles. The molecule has 4 nitrogen and oxygen atoms in total. The predicted octanol–water partition coefficient (Wildman–Crippen LogP) is 3.30. The Morgan fingerprint density at radius 3 is 2.70 bits per heavy atom. The monoisotopic (exact) mass is 340 g/mol. The number of ether oxygens (including phenoxy) is 1. The summed E-state index contributed by atoms with van der Waals surface area (Å²) >= 11 is 3.24. The van der Waals surface area contributed by atoms with Crippen LogP contribution in [0.2, 0.25) is 0 Å². The summed E-state index contributed by atoms with van der Waals surface area (Å²) in [6, 6.07) is 4.24. The third kappa shape index (κ3) is 2.90. The van der Waals surface area contributed by atoms with Crippen LogP contribution in [0.3, 0.4) is 0 Å². The summed E-state index contributed by atoms with van der Waals surface area (Å²) in [5, 5.41) is 4.17. The Morgan fingerprint density at radius 1 is 1.45 bits per heavy atom. The van der Waals surface area contributed by atoms with E-state index in [0.717, 1.165) is 5.69 Å². The minimum atomic E-state index is -0.427. The van der Waals surface area contributed by atoms with Gasteiger partial charge in [0.1, 0.15) is 18.0 Å². The number of carbonyl (C=O) groups excluding carboxylic acids is 1. The number of rotatable bonds is 3. The third-order valence-electron chi connectivity index (χ3n) is 3.09. The van der Waals surface area contributed by atoms with Gasteiger partial charge >= 0.3 is 5.97 Å². The molecule has 0 saturated heterocycles. The van der Waals surface area contributed by atoms with E-state index in [1.807, 2.05) is 6.92 Å². The molecule has 0 fully saturated rings. The van der Waals surface area contributed by atoms with Crippen molar-refractivity contribution >= 4 is 21.9 Å². The van der Waals surface area contributed by atoms with Gasteiger partial charge in [-0.2, -0.15) is 5.10 Å². The van der Waals surface area contributed by atoms with E-state index in [2.05, 4.69) is 21.0 Å². The fraction of sp³-hybridized carbons (Fsp3) is 0.286. The fourth-order valence-electron chi connectivity index (χ4n) is 1.92. The first-order valence-electron chi connectivity index (χ1n) is 6.01. The molecule has 6 heteroatoms. The van der Waals surface area contributed by atoms with Crippen molar-refractivity contribution in [3.8, 4) is 0 Å². The number of hydrogen-bond donors (Lipinski definition) is 0. The second-order valence-electron chi connectivity index (χ2n) is 4.48. The number of hydrogen-bond acceptors (Lipinski definition) is 3. The van der Waals surface area contributed by atoms with E-state index >= 15 is 0 Å². The molecular weight excluding hydrogens is 327 g/mol. The largest absolute Gasteiger partial charge is 0.457 e. The first-order chi connectivity index (χ1) is 9.40. The molecule has 0 bridgehead atoms. The van der Waals surface area contributed by atoms with Crippen molar-refractivity contribution in [2.24, 2.45) is 7.05 Å². The maximum atomic E-state index is 13.0. The van der Waals surface area contributed by atoms with Gasteiger partial charge < -0.3 is 4.74 Å². The smallest absolute Gasteiger partial charge is 0.342 e. The Hall–Kier alpha value is -1.69. The quantitative estimate of drug-likeness (QED) is 0.805. The summed E-state index contributed by atoms with van der Waals surface area (Å²) in [6.45, 7) is 3.65. The zero-order chi connectivity index (χ0) is 14.9. The summed E-state index contributed by atoms with van der Waals surface area (Å²) in [5.74, 6) is -0.768. The maximum absolute atomic E-state index is 13.0. The van der Waals surface area contributed by atoms with E-state index in [1.54, 1.807) is 24.7 Å². The van der Waals surface area contributed by atoms with Crippen molar-refractivity contribution in [1.29, 1.82) is 0 Å². The second kappa shape index (κ2) is 5.75. The molecule has 2 aromatic rings. The highest BCUT2D eigenvalue weighted by Crippen LogP contribution is 2.20. The first kappa shape index (κ1) is 14.7. The minimum absolute atomic E-state index is 0.0769. The van der Waals surface area contributed by atoms with Gasteiger partial charge in [-0.15, -0.1) is 0 Å². The zero-order valence-corrected chi connectivity index (χ0v) is 13.0. The van der Waals surface area contributed by atoms with Crippen molar-refractivity contribution in [2.45, 2.75) is 20.5 Å². The molecule has 0 aliphatic carbocycles. The van der Waals surface area contributed by atoms with Crippen LogP contribution in [-0.4, -0.2) is 15.7 Å². The Labute approximate surface area is 124 Å². The van der Waals surface area contributed by atoms with Gasteiger partial charge in [0.2, 0.25) is 0 Å². The maximum Gasteiger partial charge on any atom is 0.342 e. The van der Waals surface area contributed by atoms with Crippen LogP contribution in [0.25, 0.3) is 0 Å². The SMILES string of the molecule is Cc1nn(C)c(C)c1C(=O)OCc1ccc(F)cc1Br. The van der Waals surface area contributed by atoms with Crippen molar-refractivity contribution in [3.63, 3.8) is 0 Å². The minimum Gasteiger partial charge on any atom is -0.457 e. The molecule has 0 aliphatic heterocycles. The summed E-state index contributed by atoms with van der Waals surface area (Å²) in [5.41, 5.74) is 2.57. The second-order valence-corrected chi connectivity index (χ2v) is 5.34. The van der Waals surface area contributed by atoms with Crippen LogP contribution in [0, 0.1) is 19.7 Å². The van der Waals surface area contributed by atoms with E-state index in [-0.39, 0.29) is 12.4 Å². The molecule has 0 N–H and O–H groups in total. The Bertz CT molecular complexity index is 667. The molecule has 0 saturated carbocycles. The number of benzene rings is 1. The van der Waals surface area contributed by atoms with Crippen molar-refractivity contribution in [2.75, 3.05) is 0 Å². The highest BCUT2D eigenvalue weighted by molar-refractivity contribution is 9.10. The number of carbonyl (C=O) groups is 1. The molecule has 0 spiro atoms. The normalized spacial score (nSPS) is 10.7. The van der Waals surface area contributed by atoms with Crippen molar-refractivity contribution in [3.05, 3.63) is 51.0 Å². The van der Waals surface area contributed by atoms with E-state index in [4.69, 9.17) is 4.74 Å². The predicted molar refractivity (Wildman–Crippen MR) is 75.9 cm³/mol. The first-order valence-corrected chi connectivity index (χ1v) is 6.80. The molecule has 20 heavy (non-hydrogen) atoms. The summed E-state index contributed by atoms with van der Waals surface area (Å²) < 4.78 is 20.4. The highest BCUT2D eigenvalue weighted by Gasteiger charge is 2.19. The third-order valence-corrected chi connectivity index (χ3v) is 3.83. The van der Waals surface area contributed by atoms with Gasteiger partial charge in [-0.3, -0.25) is 4.68 Å². The van der Waals surface area contributed by atoms with Crippen LogP contribution in [-0.2, 0) is 18.4 Å². The number of aromatic nitrogens is 2. The van der Waals surface area contributed by atoms with Crippen LogP contribution < -0.4 is 0 Å².